The summed E-state index contributed by atoms with van der Waals surface area (Å²) in [6, 6.07) is 7.11. The van der Waals surface area contributed by atoms with Crippen molar-refractivity contribution in [2.24, 2.45) is 17.8 Å². The zero-order chi connectivity index (χ0) is 20.6. The first-order valence-electron chi connectivity index (χ1n) is 10.9. The molecule has 0 spiro atoms. The number of likely N-dealkylation sites (tertiary alicyclic amines) is 1. The Balaban J connectivity index is 1.43. The molecule has 2 saturated carbocycles. The summed E-state index contributed by atoms with van der Waals surface area (Å²) in [4.78, 5) is 15.2. The van der Waals surface area contributed by atoms with Crippen LogP contribution in [0.3, 0.4) is 0 Å². The lowest BCUT2D eigenvalue weighted by Gasteiger charge is -2.35. The van der Waals surface area contributed by atoms with E-state index in [0.717, 1.165) is 19.3 Å². The average molecular weight is 421 g/mol. The van der Waals surface area contributed by atoms with Gasteiger partial charge >= 0.3 is 0 Å². The molecule has 1 aromatic carbocycles. The molecule has 0 bridgehead atoms. The second-order valence-electron chi connectivity index (χ2n) is 8.93. The van der Waals surface area contributed by atoms with Gasteiger partial charge in [-0.3, -0.25) is 4.79 Å². The van der Waals surface area contributed by atoms with Crippen LogP contribution in [0.5, 0.6) is 5.75 Å². The molecule has 1 amide bonds. The highest BCUT2D eigenvalue weighted by Gasteiger charge is 2.52. The SMILES string of the molecule is COc1ccc(S(=O)(=O)NC[C@H]2[C@@H]3CC(=O)N(C4CCCCC4)[C@@H]3C[C@@H]2C)cc1. The molecule has 1 aliphatic heterocycles. The average Bonchev–Trinajstić information content (AvgIpc) is 3.19. The predicted molar refractivity (Wildman–Crippen MR) is 111 cm³/mol. The van der Waals surface area contributed by atoms with Crippen LogP contribution in [0.25, 0.3) is 0 Å². The van der Waals surface area contributed by atoms with E-state index in [1.165, 1.54) is 19.3 Å². The molecule has 3 fully saturated rings. The number of carbonyl (C=O) groups is 1. The molecule has 1 saturated heterocycles. The van der Waals surface area contributed by atoms with Crippen molar-refractivity contribution in [2.75, 3.05) is 13.7 Å². The summed E-state index contributed by atoms with van der Waals surface area (Å²) in [5.74, 6) is 1.77. The van der Waals surface area contributed by atoms with Crippen molar-refractivity contribution in [3.05, 3.63) is 24.3 Å². The van der Waals surface area contributed by atoms with E-state index in [-0.39, 0.29) is 28.7 Å². The van der Waals surface area contributed by atoms with Crippen LogP contribution < -0.4 is 9.46 Å². The number of sulfonamides is 1. The quantitative estimate of drug-likeness (QED) is 0.767. The number of rotatable bonds is 6. The number of nitrogens with zero attached hydrogens (tertiary/aromatic N) is 1. The maximum Gasteiger partial charge on any atom is 0.240 e. The van der Waals surface area contributed by atoms with Gasteiger partial charge in [0.25, 0.3) is 0 Å². The highest BCUT2D eigenvalue weighted by atomic mass is 32.2. The number of amides is 1. The monoisotopic (exact) mass is 420 g/mol. The molecule has 1 heterocycles. The normalized spacial score (nSPS) is 30.6. The molecule has 1 aromatic rings. The topological polar surface area (TPSA) is 75.7 Å². The van der Waals surface area contributed by atoms with E-state index in [9.17, 15) is 13.2 Å². The third-order valence-corrected chi connectivity index (χ3v) is 8.73. The fraction of sp³-hybridized carbons (Fsp3) is 0.682. The van der Waals surface area contributed by atoms with Crippen LogP contribution in [0.1, 0.15) is 51.9 Å². The van der Waals surface area contributed by atoms with E-state index in [1.807, 2.05) is 0 Å². The minimum Gasteiger partial charge on any atom is -0.497 e. The van der Waals surface area contributed by atoms with Crippen molar-refractivity contribution in [3.63, 3.8) is 0 Å². The summed E-state index contributed by atoms with van der Waals surface area (Å²) in [6.07, 6.45) is 7.51. The molecule has 4 rings (SSSR count). The zero-order valence-electron chi connectivity index (χ0n) is 17.3. The number of nitrogens with one attached hydrogen (secondary N) is 1. The zero-order valence-corrected chi connectivity index (χ0v) is 18.2. The van der Waals surface area contributed by atoms with Gasteiger partial charge in [0.1, 0.15) is 5.75 Å². The molecule has 6 nitrogen and oxygen atoms in total. The third-order valence-electron chi connectivity index (χ3n) is 7.29. The van der Waals surface area contributed by atoms with E-state index in [4.69, 9.17) is 4.74 Å². The Labute approximate surface area is 174 Å². The summed E-state index contributed by atoms with van der Waals surface area (Å²) < 4.78 is 33.4. The van der Waals surface area contributed by atoms with Gasteiger partial charge in [-0.15, -0.1) is 0 Å². The minimum absolute atomic E-state index is 0.200. The highest BCUT2D eigenvalue weighted by Crippen LogP contribution is 2.47. The molecule has 160 valence electrons. The number of methoxy groups -OCH3 is 1. The van der Waals surface area contributed by atoms with Gasteiger partial charge in [-0.25, -0.2) is 13.1 Å². The largest absolute Gasteiger partial charge is 0.497 e. The van der Waals surface area contributed by atoms with Gasteiger partial charge < -0.3 is 9.64 Å². The number of hydrogen-bond donors (Lipinski definition) is 1. The summed E-state index contributed by atoms with van der Waals surface area (Å²) in [5, 5.41) is 0. The van der Waals surface area contributed by atoms with Crippen LogP contribution in [-0.2, 0) is 14.8 Å². The molecular weight excluding hydrogens is 388 g/mol. The molecule has 4 atom stereocenters. The summed E-state index contributed by atoms with van der Waals surface area (Å²) >= 11 is 0. The van der Waals surface area contributed by atoms with E-state index in [2.05, 4.69) is 16.5 Å². The molecule has 1 N–H and O–H groups in total. The fourth-order valence-corrected chi connectivity index (χ4v) is 6.84. The second-order valence-corrected chi connectivity index (χ2v) is 10.7. The van der Waals surface area contributed by atoms with E-state index < -0.39 is 10.0 Å². The smallest absolute Gasteiger partial charge is 0.240 e. The molecular formula is C22H32N2O4S. The molecule has 0 unspecified atom stereocenters. The predicted octanol–water partition coefficient (Wildman–Crippen LogP) is 3.18. The van der Waals surface area contributed by atoms with Crippen LogP contribution in [0.2, 0.25) is 0 Å². The van der Waals surface area contributed by atoms with E-state index in [1.54, 1.807) is 31.4 Å². The maximum absolute atomic E-state index is 12.8. The minimum atomic E-state index is -3.58. The maximum atomic E-state index is 12.8. The van der Waals surface area contributed by atoms with Crippen LogP contribution in [-0.4, -0.2) is 45.0 Å². The van der Waals surface area contributed by atoms with E-state index >= 15 is 0 Å². The molecule has 0 aromatic heterocycles. The Morgan fingerprint density at radius 1 is 1.14 bits per heavy atom. The van der Waals surface area contributed by atoms with Crippen molar-refractivity contribution in [2.45, 2.75) is 68.8 Å². The van der Waals surface area contributed by atoms with Crippen LogP contribution in [0.15, 0.2) is 29.2 Å². The molecule has 2 aliphatic carbocycles. The second kappa shape index (κ2) is 8.26. The lowest BCUT2D eigenvalue weighted by atomic mass is 9.89. The summed E-state index contributed by atoms with van der Waals surface area (Å²) in [5.41, 5.74) is 0. The van der Waals surface area contributed by atoms with Gasteiger partial charge in [0, 0.05) is 25.0 Å². The lowest BCUT2D eigenvalue weighted by molar-refractivity contribution is -0.132. The van der Waals surface area contributed by atoms with Gasteiger partial charge in [-0.2, -0.15) is 0 Å². The number of ether oxygens (including phenoxy) is 1. The van der Waals surface area contributed by atoms with Crippen molar-refractivity contribution < 1.29 is 17.9 Å². The summed E-state index contributed by atoms with van der Waals surface area (Å²) in [6.45, 7) is 2.59. The van der Waals surface area contributed by atoms with Crippen molar-refractivity contribution in [1.82, 2.24) is 9.62 Å². The molecule has 3 aliphatic rings. The summed E-state index contributed by atoms with van der Waals surface area (Å²) in [7, 11) is -2.02. The number of carbonyl (C=O) groups excluding carboxylic acids is 1. The highest BCUT2D eigenvalue weighted by molar-refractivity contribution is 7.89. The molecule has 29 heavy (non-hydrogen) atoms. The van der Waals surface area contributed by atoms with Crippen LogP contribution >= 0.6 is 0 Å². The van der Waals surface area contributed by atoms with Crippen molar-refractivity contribution in [3.8, 4) is 5.75 Å². The molecule has 7 heteroatoms. The van der Waals surface area contributed by atoms with Gasteiger partial charge in [-0.05, 0) is 61.3 Å². The van der Waals surface area contributed by atoms with Crippen LogP contribution in [0, 0.1) is 17.8 Å². The Morgan fingerprint density at radius 3 is 2.48 bits per heavy atom. The van der Waals surface area contributed by atoms with Gasteiger partial charge in [0.15, 0.2) is 0 Å². The molecule has 0 radical (unpaired) electrons. The van der Waals surface area contributed by atoms with Gasteiger partial charge in [-0.1, -0.05) is 26.2 Å². The van der Waals surface area contributed by atoms with Crippen molar-refractivity contribution >= 4 is 15.9 Å². The van der Waals surface area contributed by atoms with Gasteiger partial charge in [0.2, 0.25) is 15.9 Å². The van der Waals surface area contributed by atoms with E-state index in [0.29, 0.717) is 30.7 Å². The Kier molecular flexibility index (Phi) is 5.89. The number of benzene rings is 1. The number of hydrogen-bond acceptors (Lipinski definition) is 4. The first kappa shape index (κ1) is 20.7. The Morgan fingerprint density at radius 2 is 1.83 bits per heavy atom. The number of fused-ring (bicyclic) bond motifs is 1. The lowest BCUT2D eigenvalue weighted by Crippen LogP contribution is -2.43. The first-order valence-corrected chi connectivity index (χ1v) is 12.3. The fourth-order valence-electron chi connectivity index (χ4n) is 5.77. The third kappa shape index (κ3) is 4.04. The van der Waals surface area contributed by atoms with Crippen LogP contribution in [0.4, 0.5) is 0 Å². The van der Waals surface area contributed by atoms with Crippen molar-refractivity contribution in [1.29, 1.82) is 0 Å². The van der Waals surface area contributed by atoms with Gasteiger partial charge in [0.05, 0.1) is 12.0 Å². The Bertz CT molecular complexity index is 833. The first-order chi connectivity index (χ1) is 13.9. The standard InChI is InChI=1S/C22H32N2O4S/c1-15-12-21-19(13-22(25)24(21)16-6-4-3-5-7-16)20(15)14-23-29(26,27)18-10-8-17(28-2)9-11-18/h8-11,15-16,19-21,23H,3-7,12-14H2,1-2H3/t15-,19-,20+,21+/m0/s1. The Hall–Kier alpha value is -1.60.